The van der Waals surface area contributed by atoms with Crippen LogP contribution in [-0.4, -0.2) is 30.2 Å². The van der Waals surface area contributed by atoms with Gasteiger partial charge in [0.2, 0.25) is 5.91 Å². The van der Waals surface area contributed by atoms with Crippen LogP contribution in [0.5, 0.6) is 11.5 Å². The summed E-state index contributed by atoms with van der Waals surface area (Å²) in [5.41, 5.74) is 5.10. The number of carbonyl (C=O) groups is 2. The Kier molecular flexibility index (Phi) is 5.62. The van der Waals surface area contributed by atoms with Crippen LogP contribution in [0.1, 0.15) is 23.7 Å². The van der Waals surface area contributed by atoms with Crippen molar-refractivity contribution in [1.29, 1.82) is 0 Å². The Morgan fingerprint density at radius 1 is 1.37 bits per heavy atom. The molecule has 0 bridgehead atoms. The van der Waals surface area contributed by atoms with Crippen molar-refractivity contribution in [2.45, 2.75) is 13.3 Å². The summed E-state index contributed by atoms with van der Waals surface area (Å²) in [6.07, 6.45) is 0.0681. The molecule has 0 saturated carbocycles. The van der Waals surface area contributed by atoms with Gasteiger partial charge in [0.1, 0.15) is 0 Å². The maximum Gasteiger partial charge on any atom is 0.335 e. The molecular formula is C12H14BrNO5. The highest BCUT2D eigenvalue weighted by atomic mass is 79.9. The van der Waals surface area contributed by atoms with Crippen LogP contribution in [0.15, 0.2) is 16.6 Å². The molecule has 0 saturated heterocycles. The Morgan fingerprint density at radius 2 is 2.05 bits per heavy atom. The summed E-state index contributed by atoms with van der Waals surface area (Å²) in [6, 6.07) is 2.78. The van der Waals surface area contributed by atoms with Gasteiger partial charge in [-0.1, -0.05) is 0 Å². The molecule has 0 aliphatic heterocycles. The normalized spacial score (nSPS) is 10.0. The van der Waals surface area contributed by atoms with Crippen molar-refractivity contribution in [2.24, 2.45) is 5.73 Å². The number of carboxylic acid groups (broad SMARTS) is 1. The molecular weight excluding hydrogens is 318 g/mol. The number of amides is 1. The van der Waals surface area contributed by atoms with Gasteiger partial charge < -0.3 is 20.3 Å². The standard InChI is InChI=1S/C12H14BrNO5/c1-2-18-9-6-7(12(16)17)5-8(13)11(9)19-4-3-10(14)15/h5-6H,2-4H2,1H3,(H2,14,15)(H,16,17). The maximum absolute atomic E-state index is 10.9. The second-order valence-corrected chi connectivity index (χ2v) is 4.44. The molecule has 1 aromatic carbocycles. The molecule has 7 heteroatoms. The van der Waals surface area contributed by atoms with Crippen LogP contribution in [0, 0.1) is 0 Å². The smallest absolute Gasteiger partial charge is 0.335 e. The number of benzene rings is 1. The molecule has 0 unspecified atom stereocenters. The summed E-state index contributed by atoms with van der Waals surface area (Å²) >= 11 is 3.22. The fraction of sp³-hybridized carbons (Fsp3) is 0.333. The minimum absolute atomic E-state index is 0.0681. The number of ether oxygens (including phenoxy) is 2. The van der Waals surface area contributed by atoms with Crippen LogP contribution in [0.4, 0.5) is 0 Å². The lowest BCUT2D eigenvalue weighted by Gasteiger charge is -2.14. The number of hydrogen-bond acceptors (Lipinski definition) is 4. The second-order valence-electron chi connectivity index (χ2n) is 3.59. The number of carboxylic acids is 1. The molecule has 0 aromatic heterocycles. The Balaban J connectivity index is 3.00. The predicted molar refractivity (Wildman–Crippen MR) is 71.6 cm³/mol. The first-order valence-electron chi connectivity index (χ1n) is 5.56. The van der Waals surface area contributed by atoms with E-state index in [0.717, 1.165) is 0 Å². The lowest BCUT2D eigenvalue weighted by atomic mass is 10.2. The largest absolute Gasteiger partial charge is 0.490 e. The molecule has 1 rings (SSSR count). The summed E-state index contributed by atoms with van der Waals surface area (Å²) in [5, 5.41) is 8.96. The van der Waals surface area contributed by atoms with Crippen molar-refractivity contribution in [3.05, 3.63) is 22.2 Å². The molecule has 104 valence electrons. The summed E-state index contributed by atoms with van der Waals surface area (Å²) in [7, 11) is 0. The first-order valence-corrected chi connectivity index (χ1v) is 6.35. The Morgan fingerprint density at radius 3 is 2.58 bits per heavy atom. The SMILES string of the molecule is CCOc1cc(C(=O)O)cc(Br)c1OCCC(N)=O. The minimum atomic E-state index is -1.06. The van der Waals surface area contributed by atoms with Crippen molar-refractivity contribution in [1.82, 2.24) is 0 Å². The van der Waals surface area contributed by atoms with E-state index in [2.05, 4.69) is 15.9 Å². The first kappa shape index (κ1) is 15.3. The number of nitrogens with two attached hydrogens (primary N) is 1. The van der Waals surface area contributed by atoms with Gasteiger partial charge in [-0.15, -0.1) is 0 Å². The monoisotopic (exact) mass is 331 g/mol. The molecule has 1 amide bonds. The fourth-order valence-corrected chi connectivity index (χ4v) is 1.90. The summed E-state index contributed by atoms with van der Waals surface area (Å²) in [6.45, 7) is 2.23. The van der Waals surface area contributed by atoms with Gasteiger partial charge >= 0.3 is 5.97 Å². The number of hydrogen-bond donors (Lipinski definition) is 2. The van der Waals surface area contributed by atoms with Gasteiger partial charge in [0.15, 0.2) is 11.5 Å². The number of aromatic carboxylic acids is 1. The van der Waals surface area contributed by atoms with E-state index in [1.54, 1.807) is 6.92 Å². The summed E-state index contributed by atoms with van der Waals surface area (Å²) < 4.78 is 11.2. The lowest BCUT2D eigenvalue weighted by Crippen LogP contribution is -2.15. The Hall–Kier alpha value is -1.76. The van der Waals surface area contributed by atoms with Crippen LogP contribution < -0.4 is 15.2 Å². The molecule has 0 radical (unpaired) electrons. The van der Waals surface area contributed by atoms with E-state index in [9.17, 15) is 9.59 Å². The third-order valence-electron chi connectivity index (χ3n) is 2.15. The number of rotatable bonds is 7. The Labute approximate surface area is 118 Å². The van der Waals surface area contributed by atoms with Gasteiger partial charge in [-0.05, 0) is 35.0 Å². The summed E-state index contributed by atoms with van der Waals surface area (Å²) in [5.74, 6) is -0.881. The van der Waals surface area contributed by atoms with Gasteiger partial charge in [0.25, 0.3) is 0 Å². The van der Waals surface area contributed by atoms with Crippen molar-refractivity contribution in [3.63, 3.8) is 0 Å². The van der Waals surface area contributed by atoms with Crippen LogP contribution in [0.25, 0.3) is 0 Å². The fourth-order valence-electron chi connectivity index (χ4n) is 1.35. The average Bonchev–Trinajstić information content (AvgIpc) is 2.31. The molecule has 1 aromatic rings. The highest BCUT2D eigenvalue weighted by Gasteiger charge is 2.15. The zero-order valence-electron chi connectivity index (χ0n) is 10.3. The highest BCUT2D eigenvalue weighted by molar-refractivity contribution is 9.10. The van der Waals surface area contributed by atoms with Crippen molar-refractivity contribution < 1.29 is 24.2 Å². The molecule has 0 aliphatic carbocycles. The van der Waals surface area contributed by atoms with Crippen LogP contribution in [0.3, 0.4) is 0 Å². The topological polar surface area (TPSA) is 98.8 Å². The van der Waals surface area contributed by atoms with Crippen molar-refractivity contribution in [3.8, 4) is 11.5 Å². The van der Waals surface area contributed by atoms with E-state index in [-0.39, 0.29) is 18.6 Å². The van der Waals surface area contributed by atoms with Gasteiger partial charge in [-0.25, -0.2) is 4.79 Å². The molecule has 0 heterocycles. The first-order chi connectivity index (χ1) is 8.95. The molecule has 0 spiro atoms. The lowest BCUT2D eigenvalue weighted by molar-refractivity contribution is -0.118. The molecule has 6 nitrogen and oxygen atoms in total. The van der Waals surface area contributed by atoms with Crippen LogP contribution in [-0.2, 0) is 4.79 Å². The minimum Gasteiger partial charge on any atom is -0.490 e. The van der Waals surface area contributed by atoms with E-state index >= 15 is 0 Å². The highest BCUT2D eigenvalue weighted by Crippen LogP contribution is 2.37. The van der Waals surface area contributed by atoms with Crippen molar-refractivity contribution >= 4 is 27.8 Å². The van der Waals surface area contributed by atoms with Gasteiger partial charge in [-0.2, -0.15) is 0 Å². The third kappa shape index (κ3) is 4.44. The van der Waals surface area contributed by atoms with Gasteiger partial charge in [0, 0.05) is 0 Å². The summed E-state index contributed by atoms with van der Waals surface area (Å²) in [4.78, 5) is 21.6. The quantitative estimate of drug-likeness (QED) is 0.793. The maximum atomic E-state index is 10.9. The number of primary amides is 1. The van der Waals surface area contributed by atoms with E-state index in [4.69, 9.17) is 20.3 Å². The third-order valence-corrected chi connectivity index (χ3v) is 2.74. The van der Waals surface area contributed by atoms with Gasteiger partial charge in [-0.3, -0.25) is 4.79 Å². The van der Waals surface area contributed by atoms with Crippen LogP contribution in [0.2, 0.25) is 0 Å². The molecule has 0 aliphatic rings. The Bertz CT molecular complexity index is 489. The predicted octanol–water partition coefficient (Wildman–Crippen LogP) is 1.80. The van der Waals surface area contributed by atoms with E-state index in [0.29, 0.717) is 22.6 Å². The number of halogens is 1. The number of carbonyl (C=O) groups excluding carboxylic acids is 1. The van der Waals surface area contributed by atoms with Crippen molar-refractivity contribution in [2.75, 3.05) is 13.2 Å². The van der Waals surface area contributed by atoms with Gasteiger partial charge in [0.05, 0.1) is 29.7 Å². The van der Waals surface area contributed by atoms with E-state index < -0.39 is 11.9 Å². The van der Waals surface area contributed by atoms with Crippen LogP contribution >= 0.6 is 15.9 Å². The second kappa shape index (κ2) is 6.98. The zero-order valence-corrected chi connectivity index (χ0v) is 11.9. The molecule has 19 heavy (non-hydrogen) atoms. The average molecular weight is 332 g/mol. The molecule has 0 fully saturated rings. The van der Waals surface area contributed by atoms with E-state index in [1.165, 1.54) is 12.1 Å². The zero-order chi connectivity index (χ0) is 14.4. The van der Waals surface area contributed by atoms with E-state index in [1.807, 2.05) is 0 Å². The molecule has 3 N–H and O–H groups in total. The molecule has 0 atom stereocenters.